The van der Waals surface area contributed by atoms with Crippen LogP contribution >= 0.6 is 6.04 Å². The van der Waals surface area contributed by atoms with Crippen LogP contribution in [0.2, 0.25) is 0 Å². The fourth-order valence-corrected chi connectivity index (χ4v) is 7.82. The number of benzene rings is 1. The summed E-state index contributed by atoms with van der Waals surface area (Å²) in [5, 5.41) is 1.13. The summed E-state index contributed by atoms with van der Waals surface area (Å²) in [5.74, 6) is 1.75. The molecule has 0 aromatic heterocycles. The Morgan fingerprint density at radius 3 is 1.83 bits per heavy atom. The number of rotatable bonds is 3. The third kappa shape index (κ3) is 2.22. The van der Waals surface area contributed by atoms with Gasteiger partial charge in [-0.15, -0.1) is 0 Å². The van der Waals surface area contributed by atoms with Crippen LogP contribution in [-0.2, 0) is 11.8 Å². The van der Waals surface area contributed by atoms with E-state index in [9.17, 15) is 0 Å². The van der Waals surface area contributed by atoms with Gasteiger partial charge in [-0.2, -0.15) is 0 Å². The Hall–Kier alpha value is -0.790. The number of allylic oxidation sites excluding steroid dienone is 2. The van der Waals surface area contributed by atoms with Crippen molar-refractivity contribution < 1.29 is 9.47 Å². The highest BCUT2D eigenvalue weighted by atomic mass is 32.4. The Labute approximate surface area is 114 Å². The average Bonchev–Trinajstić information content (AvgIpc) is 2.63. The minimum Gasteiger partial charge on any atom is -0.496 e. The SMILES string of the molecule is COc1cccc(OC)c1P1(=S)CC(C)=C(C)C1. The van der Waals surface area contributed by atoms with Gasteiger partial charge in [-0.1, -0.05) is 29.0 Å². The van der Waals surface area contributed by atoms with Gasteiger partial charge in [-0.05, 0) is 32.0 Å². The van der Waals surface area contributed by atoms with Crippen molar-refractivity contribution in [2.75, 3.05) is 26.5 Å². The van der Waals surface area contributed by atoms with E-state index in [1.54, 1.807) is 14.2 Å². The molecule has 0 N–H and O–H groups in total. The predicted octanol–water partition coefficient (Wildman–Crippen LogP) is 3.16. The monoisotopic (exact) mass is 282 g/mol. The van der Waals surface area contributed by atoms with Crippen molar-refractivity contribution in [1.82, 2.24) is 0 Å². The highest BCUT2D eigenvalue weighted by Crippen LogP contribution is 2.56. The zero-order valence-electron chi connectivity index (χ0n) is 11.3. The normalized spacial score (nSPS) is 18.0. The van der Waals surface area contributed by atoms with Crippen LogP contribution in [0.15, 0.2) is 29.3 Å². The Balaban J connectivity index is 2.55. The third-order valence-electron chi connectivity index (χ3n) is 3.52. The topological polar surface area (TPSA) is 18.5 Å². The first kappa shape index (κ1) is 13.6. The molecule has 0 saturated carbocycles. The molecule has 2 rings (SSSR count). The zero-order chi connectivity index (χ0) is 13.3. The Kier molecular flexibility index (Phi) is 3.84. The van der Waals surface area contributed by atoms with E-state index in [1.807, 2.05) is 18.2 Å². The van der Waals surface area contributed by atoms with Crippen LogP contribution < -0.4 is 14.8 Å². The molecule has 0 aliphatic carbocycles. The van der Waals surface area contributed by atoms with E-state index in [-0.39, 0.29) is 0 Å². The molecule has 0 amide bonds. The van der Waals surface area contributed by atoms with Crippen molar-refractivity contribution in [3.63, 3.8) is 0 Å². The van der Waals surface area contributed by atoms with Gasteiger partial charge in [0.2, 0.25) is 0 Å². The fourth-order valence-electron chi connectivity index (χ4n) is 2.48. The molecule has 0 atom stereocenters. The van der Waals surface area contributed by atoms with Crippen LogP contribution in [0.25, 0.3) is 0 Å². The molecule has 0 fully saturated rings. The maximum atomic E-state index is 6.00. The van der Waals surface area contributed by atoms with Crippen molar-refractivity contribution in [3.8, 4) is 11.5 Å². The molecule has 1 aliphatic heterocycles. The lowest BCUT2D eigenvalue weighted by Gasteiger charge is -2.22. The first-order chi connectivity index (χ1) is 8.51. The summed E-state index contributed by atoms with van der Waals surface area (Å²) >= 11 is 6.00. The molecule has 2 nitrogen and oxygen atoms in total. The number of hydrogen-bond donors (Lipinski definition) is 0. The fraction of sp³-hybridized carbons (Fsp3) is 0.429. The molecule has 18 heavy (non-hydrogen) atoms. The first-order valence-electron chi connectivity index (χ1n) is 5.96. The molecule has 4 heteroatoms. The third-order valence-corrected chi connectivity index (χ3v) is 8.07. The van der Waals surface area contributed by atoms with E-state index in [0.29, 0.717) is 0 Å². The lowest BCUT2D eigenvalue weighted by molar-refractivity contribution is 0.401. The largest absolute Gasteiger partial charge is 0.496 e. The van der Waals surface area contributed by atoms with Gasteiger partial charge in [0.25, 0.3) is 0 Å². The van der Waals surface area contributed by atoms with E-state index in [1.165, 1.54) is 11.1 Å². The van der Waals surface area contributed by atoms with E-state index < -0.39 is 6.04 Å². The molecule has 1 aromatic carbocycles. The highest BCUT2D eigenvalue weighted by molar-refractivity contribution is 8.18. The van der Waals surface area contributed by atoms with Crippen LogP contribution in [0.5, 0.6) is 11.5 Å². The molecule has 98 valence electrons. The van der Waals surface area contributed by atoms with Gasteiger partial charge in [0, 0.05) is 12.3 Å². The second kappa shape index (κ2) is 5.07. The van der Waals surface area contributed by atoms with Gasteiger partial charge in [0.1, 0.15) is 11.5 Å². The van der Waals surface area contributed by atoms with Crippen molar-refractivity contribution in [2.45, 2.75) is 13.8 Å². The summed E-state index contributed by atoms with van der Waals surface area (Å²) in [5.41, 5.74) is 2.87. The average molecular weight is 282 g/mol. The molecular formula is C14H19O2PS. The molecule has 0 saturated heterocycles. The second-order valence-electron chi connectivity index (χ2n) is 4.78. The van der Waals surface area contributed by atoms with Crippen LogP contribution in [0.1, 0.15) is 13.8 Å². The maximum absolute atomic E-state index is 6.00. The zero-order valence-corrected chi connectivity index (χ0v) is 13.0. The lowest BCUT2D eigenvalue weighted by Crippen LogP contribution is -2.14. The summed E-state index contributed by atoms with van der Waals surface area (Å²) < 4.78 is 11.0. The van der Waals surface area contributed by atoms with Gasteiger partial charge in [0.15, 0.2) is 0 Å². The minimum atomic E-state index is -1.63. The van der Waals surface area contributed by atoms with Gasteiger partial charge >= 0.3 is 0 Å². The summed E-state index contributed by atoms with van der Waals surface area (Å²) in [7, 11) is 3.39. The molecule has 0 radical (unpaired) electrons. The van der Waals surface area contributed by atoms with Crippen molar-refractivity contribution in [3.05, 3.63) is 29.3 Å². The smallest absolute Gasteiger partial charge is 0.131 e. The Bertz CT molecular complexity index is 508. The summed E-state index contributed by atoms with van der Waals surface area (Å²) in [6, 6.07) is 4.28. The van der Waals surface area contributed by atoms with E-state index in [0.717, 1.165) is 29.1 Å². The quantitative estimate of drug-likeness (QED) is 0.627. The lowest BCUT2D eigenvalue weighted by atomic mass is 10.2. The number of methoxy groups -OCH3 is 2. The molecular weight excluding hydrogens is 263 g/mol. The van der Waals surface area contributed by atoms with E-state index in [4.69, 9.17) is 21.3 Å². The van der Waals surface area contributed by atoms with Gasteiger partial charge in [-0.25, -0.2) is 0 Å². The van der Waals surface area contributed by atoms with Crippen molar-refractivity contribution in [1.29, 1.82) is 0 Å². The van der Waals surface area contributed by atoms with Gasteiger partial charge in [-0.3, -0.25) is 0 Å². The van der Waals surface area contributed by atoms with Crippen LogP contribution in [0.3, 0.4) is 0 Å². The molecule has 1 aromatic rings. The van der Waals surface area contributed by atoms with Crippen LogP contribution in [0, 0.1) is 0 Å². The molecule has 0 unspecified atom stereocenters. The van der Waals surface area contributed by atoms with Gasteiger partial charge < -0.3 is 9.47 Å². The van der Waals surface area contributed by atoms with E-state index >= 15 is 0 Å². The standard InChI is InChI=1S/C14H19O2PS/c1-10-8-17(18,9-11(10)2)14-12(15-3)6-5-7-13(14)16-4/h5-7H,8-9H2,1-4H3. The Morgan fingerprint density at radius 1 is 1.00 bits per heavy atom. The Morgan fingerprint density at radius 2 is 1.44 bits per heavy atom. The van der Waals surface area contributed by atoms with Crippen molar-refractivity contribution in [2.24, 2.45) is 0 Å². The maximum Gasteiger partial charge on any atom is 0.131 e. The van der Waals surface area contributed by atoms with Crippen LogP contribution in [0.4, 0.5) is 0 Å². The molecule has 1 heterocycles. The van der Waals surface area contributed by atoms with Gasteiger partial charge in [0.05, 0.1) is 19.5 Å². The first-order valence-corrected chi connectivity index (χ1v) is 9.14. The summed E-state index contributed by atoms with van der Waals surface area (Å²) in [6.45, 7) is 4.37. The highest BCUT2D eigenvalue weighted by Gasteiger charge is 2.32. The predicted molar refractivity (Wildman–Crippen MR) is 81.6 cm³/mol. The number of ether oxygens (including phenoxy) is 2. The van der Waals surface area contributed by atoms with Crippen molar-refractivity contribution >= 4 is 23.1 Å². The minimum absolute atomic E-state index is 0.875. The summed E-state index contributed by atoms with van der Waals surface area (Å²) in [4.78, 5) is 0. The number of hydrogen-bond acceptors (Lipinski definition) is 3. The molecule has 1 aliphatic rings. The molecule has 0 spiro atoms. The molecule has 0 bridgehead atoms. The van der Waals surface area contributed by atoms with Crippen LogP contribution in [-0.4, -0.2) is 26.5 Å². The summed E-state index contributed by atoms with van der Waals surface area (Å²) in [6.07, 6.45) is 2.01. The second-order valence-corrected chi connectivity index (χ2v) is 9.73. The van der Waals surface area contributed by atoms with E-state index in [2.05, 4.69) is 13.8 Å².